The number of amides is 1. The number of nitrogens with zero attached hydrogens (tertiary/aromatic N) is 5. The number of rotatable bonds is 6. The fraction of sp³-hybridized carbons (Fsp3) is 0.368. The number of benzene rings is 1. The highest BCUT2D eigenvalue weighted by atomic mass is 32.1. The van der Waals surface area contributed by atoms with Crippen molar-refractivity contribution in [1.29, 1.82) is 0 Å². The lowest BCUT2D eigenvalue weighted by Gasteiger charge is -2.22. The van der Waals surface area contributed by atoms with Crippen LogP contribution < -0.4 is 19.7 Å². The minimum Gasteiger partial charge on any atom is -0.454 e. The first-order chi connectivity index (χ1) is 14.7. The van der Waals surface area contributed by atoms with Gasteiger partial charge in [0.15, 0.2) is 11.5 Å². The molecule has 4 heterocycles. The van der Waals surface area contributed by atoms with Gasteiger partial charge in [-0.3, -0.25) is 9.36 Å². The van der Waals surface area contributed by atoms with Crippen LogP contribution in [0.25, 0.3) is 5.95 Å². The standard InChI is InChI=1S/C19H20N6O4S/c26-13-8-14(25(9-13)19-22-18(23-30-19)24-6-5-20-10-24)17(27)21-4-3-12-1-2-15-16(7-12)29-11-28-15/h1-2,5-7,10,13-14,26H,3-4,8-9,11H2,(H,21,27)/t13-,14?/m1/s1. The smallest absolute Gasteiger partial charge is 0.248 e. The van der Waals surface area contributed by atoms with Gasteiger partial charge < -0.3 is 24.8 Å². The lowest BCUT2D eigenvalue weighted by atomic mass is 10.1. The van der Waals surface area contributed by atoms with E-state index in [0.29, 0.717) is 37.0 Å². The Balaban J connectivity index is 1.22. The highest BCUT2D eigenvalue weighted by Crippen LogP contribution is 2.32. The van der Waals surface area contributed by atoms with Gasteiger partial charge in [0.05, 0.1) is 6.10 Å². The molecule has 0 radical (unpaired) electrons. The molecule has 1 unspecified atom stereocenters. The van der Waals surface area contributed by atoms with E-state index in [9.17, 15) is 9.90 Å². The zero-order valence-electron chi connectivity index (χ0n) is 16.0. The summed E-state index contributed by atoms with van der Waals surface area (Å²) in [6.45, 7) is 1.07. The Labute approximate surface area is 176 Å². The number of hydrogen-bond acceptors (Lipinski definition) is 9. The average molecular weight is 428 g/mol. The number of ether oxygens (including phenoxy) is 2. The van der Waals surface area contributed by atoms with Gasteiger partial charge in [0.2, 0.25) is 23.8 Å². The Bertz CT molecular complexity index is 1040. The van der Waals surface area contributed by atoms with E-state index >= 15 is 0 Å². The summed E-state index contributed by atoms with van der Waals surface area (Å²) in [5, 5.41) is 13.7. The number of carbonyl (C=O) groups excluding carboxylic acids is 1. The van der Waals surface area contributed by atoms with Crippen molar-refractivity contribution in [1.82, 2.24) is 24.2 Å². The van der Waals surface area contributed by atoms with Crippen molar-refractivity contribution in [3.05, 3.63) is 42.5 Å². The van der Waals surface area contributed by atoms with Crippen LogP contribution in [0.15, 0.2) is 36.9 Å². The van der Waals surface area contributed by atoms with E-state index in [1.807, 2.05) is 23.1 Å². The van der Waals surface area contributed by atoms with Crippen LogP contribution in [-0.2, 0) is 11.2 Å². The fourth-order valence-corrected chi connectivity index (χ4v) is 4.35. The molecule has 2 aromatic heterocycles. The number of aromatic nitrogens is 4. The Morgan fingerprint density at radius 3 is 3.10 bits per heavy atom. The minimum atomic E-state index is -0.588. The van der Waals surface area contributed by atoms with Crippen molar-refractivity contribution in [2.24, 2.45) is 0 Å². The molecule has 0 saturated carbocycles. The lowest BCUT2D eigenvalue weighted by molar-refractivity contribution is -0.122. The van der Waals surface area contributed by atoms with Crippen molar-refractivity contribution in [2.75, 3.05) is 24.8 Å². The quantitative estimate of drug-likeness (QED) is 0.591. The Hall–Kier alpha value is -3.18. The first kappa shape index (κ1) is 18.8. The van der Waals surface area contributed by atoms with Gasteiger partial charge in [-0.05, 0) is 24.1 Å². The second kappa shape index (κ2) is 7.92. The summed E-state index contributed by atoms with van der Waals surface area (Å²) in [6.07, 6.45) is 5.46. The van der Waals surface area contributed by atoms with Gasteiger partial charge in [0.25, 0.3) is 0 Å². The molecule has 2 N–H and O–H groups in total. The molecule has 3 aromatic rings. The average Bonchev–Trinajstić information content (AvgIpc) is 3.52. The summed E-state index contributed by atoms with van der Waals surface area (Å²) in [6, 6.07) is 5.28. The molecule has 30 heavy (non-hydrogen) atoms. The van der Waals surface area contributed by atoms with E-state index in [0.717, 1.165) is 17.1 Å². The molecule has 11 heteroatoms. The molecule has 156 valence electrons. The molecule has 0 aliphatic carbocycles. The number of carbonyl (C=O) groups is 1. The molecule has 0 spiro atoms. The summed E-state index contributed by atoms with van der Waals surface area (Å²) in [4.78, 5) is 23.1. The minimum absolute atomic E-state index is 0.133. The molecule has 1 aromatic carbocycles. The van der Waals surface area contributed by atoms with E-state index in [2.05, 4.69) is 19.7 Å². The third-order valence-corrected chi connectivity index (χ3v) is 5.86. The number of anilines is 1. The first-order valence-corrected chi connectivity index (χ1v) is 10.4. The Morgan fingerprint density at radius 2 is 2.23 bits per heavy atom. The van der Waals surface area contributed by atoms with Gasteiger partial charge in [-0.1, -0.05) is 6.07 Å². The number of imidazole rings is 1. The summed E-state index contributed by atoms with van der Waals surface area (Å²) in [5.41, 5.74) is 1.05. The van der Waals surface area contributed by atoms with E-state index < -0.39 is 12.1 Å². The molecule has 2 aliphatic heterocycles. The number of nitrogens with one attached hydrogen (secondary N) is 1. The van der Waals surface area contributed by atoms with Crippen LogP contribution in [0, 0.1) is 0 Å². The van der Waals surface area contributed by atoms with Crippen molar-refractivity contribution in [2.45, 2.75) is 25.0 Å². The van der Waals surface area contributed by atoms with E-state index in [-0.39, 0.29) is 12.7 Å². The van der Waals surface area contributed by atoms with Crippen LogP contribution in [0.1, 0.15) is 12.0 Å². The van der Waals surface area contributed by atoms with Gasteiger partial charge in [0, 0.05) is 43.4 Å². The largest absolute Gasteiger partial charge is 0.454 e. The summed E-state index contributed by atoms with van der Waals surface area (Å²) in [7, 11) is 0. The predicted octanol–water partition coefficient (Wildman–Crippen LogP) is 0.751. The van der Waals surface area contributed by atoms with Crippen LogP contribution in [0.4, 0.5) is 5.13 Å². The van der Waals surface area contributed by atoms with E-state index in [1.54, 1.807) is 23.3 Å². The maximum atomic E-state index is 12.8. The normalized spacial score (nSPS) is 20.0. The van der Waals surface area contributed by atoms with Gasteiger partial charge >= 0.3 is 0 Å². The fourth-order valence-electron chi connectivity index (χ4n) is 3.63. The van der Waals surface area contributed by atoms with Crippen LogP contribution in [0.3, 0.4) is 0 Å². The molecular formula is C19H20N6O4S. The molecule has 1 saturated heterocycles. The van der Waals surface area contributed by atoms with Crippen LogP contribution in [0.2, 0.25) is 0 Å². The number of β-amino-alcohol motifs (C(OH)–C–C–N with tert-alkyl or cyclic N) is 1. The highest BCUT2D eigenvalue weighted by Gasteiger charge is 2.37. The molecule has 2 atom stereocenters. The second-order valence-corrected chi connectivity index (χ2v) is 7.86. The van der Waals surface area contributed by atoms with Crippen LogP contribution in [0.5, 0.6) is 11.5 Å². The maximum absolute atomic E-state index is 12.8. The molecule has 0 bridgehead atoms. The van der Waals surface area contributed by atoms with Crippen LogP contribution in [-0.4, -0.2) is 62.0 Å². The Morgan fingerprint density at radius 1 is 1.33 bits per heavy atom. The second-order valence-electron chi connectivity index (χ2n) is 7.13. The highest BCUT2D eigenvalue weighted by molar-refractivity contribution is 7.09. The zero-order chi connectivity index (χ0) is 20.5. The Kier molecular flexibility index (Phi) is 4.97. The zero-order valence-corrected chi connectivity index (χ0v) is 16.8. The third kappa shape index (κ3) is 3.68. The van der Waals surface area contributed by atoms with E-state index in [1.165, 1.54) is 11.5 Å². The van der Waals surface area contributed by atoms with Gasteiger partial charge in [-0.15, -0.1) is 0 Å². The molecular weight excluding hydrogens is 408 g/mol. The topological polar surface area (TPSA) is 115 Å². The van der Waals surface area contributed by atoms with E-state index in [4.69, 9.17) is 9.47 Å². The monoisotopic (exact) mass is 428 g/mol. The number of aliphatic hydroxyl groups excluding tert-OH is 1. The predicted molar refractivity (Wildman–Crippen MR) is 108 cm³/mol. The van der Waals surface area contributed by atoms with Crippen molar-refractivity contribution >= 4 is 22.6 Å². The van der Waals surface area contributed by atoms with Crippen molar-refractivity contribution in [3.63, 3.8) is 0 Å². The molecule has 1 fully saturated rings. The molecule has 10 nitrogen and oxygen atoms in total. The lowest BCUT2D eigenvalue weighted by Crippen LogP contribution is -2.44. The van der Waals surface area contributed by atoms with Gasteiger partial charge in [-0.25, -0.2) is 4.98 Å². The molecule has 2 aliphatic rings. The van der Waals surface area contributed by atoms with Crippen molar-refractivity contribution in [3.8, 4) is 17.4 Å². The molecule has 5 rings (SSSR count). The first-order valence-electron chi connectivity index (χ1n) is 9.60. The van der Waals surface area contributed by atoms with Gasteiger partial charge in [0.1, 0.15) is 12.4 Å². The van der Waals surface area contributed by atoms with Crippen LogP contribution >= 0.6 is 11.5 Å². The SMILES string of the molecule is O=C(NCCc1ccc2c(c1)OCO2)C1C[C@@H](O)CN1c1nc(-n2ccnc2)ns1. The summed E-state index contributed by atoms with van der Waals surface area (Å²) >= 11 is 1.20. The third-order valence-electron chi connectivity index (χ3n) is 5.12. The maximum Gasteiger partial charge on any atom is 0.248 e. The van der Waals surface area contributed by atoms with Crippen molar-refractivity contribution < 1.29 is 19.4 Å². The molecule has 1 amide bonds. The number of fused-ring (bicyclic) bond motifs is 1. The number of hydrogen-bond donors (Lipinski definition) is 2. The summed E-state index contributed by atoms with van der Waals surface area (Å²) < 4.78 is 16.7. The number of aliphatic hydroxyl groups is 1. The summed E-state index contributed by atoms with van der Waals surface area (Å²) in [5.74, 6) is 1.84. The van der Waals surface area contributed by atoms with Gasteiger partial charge in [-0.2, -0.15) is 9.36 Å².